The van der Waals surface area contributed by atoms with Gasteiger partial charge in [-0.3, -0.25) is 4.79 Å². The summed E-state index contributed by atoms with van der Waals surface area (Å²) in [6, 6.07) is 0. The standard InChI is InChI=1S/C22H44O3/c1-2-3-15-18-21(23)19-16-13-11-9-7-5-4-6-8-10-12-14-17-20-22(24)25/h21,23H,2-20H2,1H3,(H,24,25)/t21-/m0/s1. The van der Waals surface area contributed by atoms with E-state index in [0.29, 0.717) is 6.42 Å². The summed E-state index contributed by atoms with van der Waals surface area (Å²) in [6.07, 6.45) is 22.2. The minimum atomic E-state index is -0.664. The zero-order chi connectivity index (χ0) is 18.6. The largest absolute Gasteiger partial charge is 0.481 e. The van der Waals surface area contributed by atoms with Crippen molar-refractivity contribution in [1.29, 1.82) is 0 Å². The first kappa shape index (κ1) is 24.4. The average molecular weight is 357 g/mol. The lowest BCUT2D eigenvalue weighted by molar-refractivity contribution is -0.137. The maximum Gasteiger partial charge on any atom is 0.303 e. The lowest BCUT2D eigenvalue weighted by Crippen LogP contribution is -2.05. The number of hydrogen-bond donors (Lipinski definition) is 2. The van der Waals surface area contributed by atoms with Gasteiger partial charge in [-0.15, -0.1) is 0 Å². The molecular formula is C22H44O3. The first-order valence-corrected chi connectivity index (χ1v) is 11.1. The SMILES string of the molecule is CCCCC[C@H](O)CCCCCCCCCCCCCCCC(=O)O. The summed E-state index contributed by atoms with van der Waals surface area (Å²) in [6.45, 7) is 2.21. The predicted molar refractivity (Wildman–Crippen MR) is 107 cm³/mol. The highest BCUT2D eigenvalue weighted by molar-refractivity contribution is 5.66. The molecule has 0 spiro atoms. The Morgan fingerprint density at radius 2 is 1.00 bits per heavy atom. The van der Waals surface area contributed by atoms with Crippen LogP contribution in [0.1, 0.15) is 129 Å². The number of aliphatic hydroxyl groups is 1. The second-order valence-electron chi connectivity index (χ2n) is 7.68. The van der Waals surface area contributed by atoms with Gasteiger partial charge in [0.2, 0.25) is 0 Å². The Morgan fingerprint density at radius 3 is 1.40 bits per heavy atom. The molecule has 0 aliphatic carbocycles. The van der Waals surface area contributed by atoms with Crippen molar-refractivity contribution in [2.24, 2.45) is 0 Å². The lowest BCUT2D eigenvalue weighted by atomic mass is 10.0. The van der Waals surface area contributed by atoms with Crippen LogP contribution in [0.5, 0.6) is 0 Å². The second kappa shape index (κ2) is 19.8. The van der Waals surface area contributed by atoms with Gasteiger partial charge < -0.3 is 10.2 Å². The van der Waals surface area contributed by atoms with Crippen LogP contribution in [-0.4, -0.2) is 22.3 Å². The van der Waals surface area contributed by atoms with E-state index in [1.54, 1.807) is 0 Å². The smallest absolute Gasteiger partial charge is 0.303 e. The van der Waals surface area contributed by atoms with Gasteiger partial charge in [-0.05, 0) is 19.3 Å². The molecule has 3 heteroatoms. The molecule has 25 heavy (non-hydrogen) atoms. The van der Waals surface area contributed by atoms with E-state index in [0.717, 1.165) is 25.7 Å². The average Bonchev–Trinajstić information content (AvgIpc) is 2.58. The Balaban J connectivity index is 3.08. The van der Waals surface area contributed by atoms with Crippen molar-refractivity contribution >= 4 is 5.97 Å². The van der Waals surface area contributed by atoms with Gasteiger partial charge in [-0.1, -0.05) is 103 Å². The van der Waals surface area contributed by atoms with Crippen molar-refractivity contribution in [1.82, 2.24) is 0 Å². The van der Waals surface area contributed by atoms with Crippen molar-refractivity contribution in [3.05, 3.63) is 0 Å². The number of carbonyl (C=O) groups is 1. The van der Waals surface area contributed by atoms with Gasteiger partial charge in [0.05, 0.1) is 6.10 Å². The van der Waals surface area contributed by atoms with Crippen molar-refractivity contribution in [2.45, 2.75) is 135 Å². The van der Waals surface area contributed by atoms with E-state index < -0.39 is 5.97 Å². The van der Waals surface area contributed by atoms with E-state index in [-0.39, 0.29) is 6.10 Å². The minimum Gasteiger partial charge on any atom is -0.481 e. The Hall–Kier alpha value is -0.570. The number of rotatable bonds is 20. The molecule has 3 nitrogen and oxygen atoms in total. The van der Waals surface area contributed by atoms with Crippen LogP contribution in [0, 0.1) is 0 Å². The summed E-state index contributed by atoms with van der Waals surface area (Å²) in [5.74, 6) is -0.664. The fraction of sp³-hybridized carbons (Fsp3) is 0.955. The van der Waals surface area contributed by atoms with Crippen molar-refractivity contribution < 1.29 is 15.0 Å². The van der Waals surface area contributed by atoms with Crippen molar-refractivity contribution in [3.8, 4) is 0 Å². The fourth-order valence-electron chi connectivity index (χ4n) is 3.38. The molecule has 0 aromatic heterocycles. The Morgan fingerprint density at radius 1 is 0.640 bits per heavy atom. The maximum atomic E-state index is 10.4. The zero-order valence-corrected chi connectivity index (χ0v) is 16.8. The zero-order valence-electron chi connectivity index (χ0n) is 16.8. The minimum absolute atomic E-state index is 0.0596. The van der Waals surface area contributed by atoms with Crippen LogP contribution in [0.3, 0.4) is 0 Å². The molecule has 0 saturated carbocycles. The first-order chi connectivity index (χ1) is 12.2. The Kier molecular flexibility index (Phi) is 19.3. The van der Waals surface area contributed by atoms with E-state index >= 15 is 0 Å². The molecule has 0 aliphatic rings. The van der Waals surface area contributed by atoms with Gasteiger partial charge in [0, 0.05) is 6.42 Å². The monoisotopic (exact) mass is 356 g/mol. The highest BCUT2D eigenvalue weighted by atomic mass is 16.4. The van der Waals surface area contributed by atoms with Gasteiger partial charge in [-0.25, -0.2) is 0 Å². The predicted octanol–water partition coefficient (Wildman–Crippen LogP) is 6.86. The molecule has 0 fully saturated rings. The van der Waals surface area contributed by atoms with Gasteiger partial charge in [-0.2, -0.15) is 0 Å². The molecule has 0 aromatic carbocycles. The van der Waals surface area contributed by atoms with Gasteiger partial charge >= 0.3 is 5.97 Å². The van der Waals surface area contributed by atoms with Crippen LogP contribution in [0.25, 0.3) is 0 Å². The number of carboxylic acids is 1. The molecule has 0 heterocycles. The highest BCUT2D eigenvalue weighted by Gasteiger charge is 2.03. The van der Waals surface area contributed by atoms with Gasteiger partial charge in [0.15, 0.2) is 0 Å². The normalized spacial score (nSPS) is 12.4. The molecule has 2 N–H and O–H groups in total. The molecule has 1 atom stereocenters. The molecule has 0 radical (unpaired) electrons. The molecular weight excluding hydrogens is 312 g/mol. The molecule has 0 amide bonds. The van der Waals surface area contributed by atoms with E-state index in [2.05, 4.69) is 6.92 Å². The fourth-order valence-corrected chi connectivity index (χ4v) is 3.38. The van der Waals surface area contributed by atoms with Gasteiger partial charge in [0.1, 0.15) is 0 Å². The first-order valence-electron chi connectivity index (χ1n) is 11.1. The van der Waals surface area contributed by atoms with Crippen LogP contribution < -0.4 is 0 Å². The summed E-state index contributed by atoms with van der Waals surface area (Å²) in [4.78, 5) is 10.4. The van der Waals surface area contributed by atoms with Crippen LogP contribution in [-0.2, 0) is 4.79 Å². The number of carboxylic acid groups (broad SMARTS) is 1. The molecule has 0 bridgehead atoms. The van der Waals surface area contributed by atoms with Crippen LogP contribution in [0.15, 0.2) is 0 Å². The number of hydrogen-bond acceptors (Lipinski definition) is 2. The van der Waals surface area contributed by atoms with E-state index in [4.69, 9.17) is 5.11 Å². The number of aliphatic hydroxyl groups excluding tert-OH is 1. The number of unbranched alkanes of at least 4 members (excludes halogenated alkanes) is 14. The molecule has 0 saturated heterocycles. The molecule has 0 aromatic rings. The summed E-state index contributed by atoms with van der Waals surface area (Å²) in [5, 5.41) is 18.4. The quantitative estimate of drug-likeness (QED) is 0.234. The molecule has 0 aliphatic heterocycles. The Labute approximate surface area is 156 Å². The third-order valence-electron chi connectivity index (χ3n) is 5.07. The number of aliphatic carboxylic acids is 1. The van der Waals surface area contributed by atoms with Crippen molar-refractivity contribution in [3.63, 3.8) is 0 Å². The Bertz CT molecular complexity index is 278. The molecule has 150 valence electrons. The molecule has 0 unspecified atom stereocenters. The molecule has 0 rings (SSSR count). The summed E-state index contributed by atoms with van der Waals surface area (Å²) in [5.41, 5.74) is 0. The van der Waals surface area contributed by atoms with E-state index in [9.17, 15) is 9.90 Å². The second-order valence-corrected chi connectivity index (χ2v) is 7.68. The summed E-state index contributed by atoms with van der Waals surface area (Å²) in [7, 11) is 0. The highest BCUT2D eigenvalue weighted by Crippen LogP contribution is 2.15. The van der Waals surface area contributed by atoms with Crippen LogP contribution in [0.4, 0.5) is 0 Å². The van der Waals surface area contributed by atoms with Crippen molar-refractivity contribution in [2.75, 3.05) is 0 Å². The third-order valence-corrected chi connectivity index (χ3v) is 5.07. The van der Waals surface area contributed by atoms with Crippen LogP contribution >= 0.6 is 0 Å². The van der Waals surface area contributed by atoms with E-state index in [1.807, 2.05) is 0 Å². The van der Waals surface area contributed by atoms with Crippen LogP contribution in [0.2, 0.25) is 0 Å². The van der Waals surface area contributed by atoms with E-state index in [1.165, 1.54) is 89.9 Å². The summed E-state index contributed by atoms with van der Waals surface area (Å²) < 4.78 is 0. The van der Waals surface area contributed by atoms with Gasteiger partial charge in [0.25, 0.3) is 0 Å². The topological polar surface area (TPSA) is 57.5 Å². The lowest BCUT2D eigenvalue weighted by Gasteiger charge is -2.09. The third kappa shape index (κ3) is 21.4. The summed E-state index contributed by atoms with van der Waals surface area (Å²) >= 11 is 0. The maximum absolute atomic E-state index is 10.4.